The number of alkyl halides is 2. The summed E-state index contributed by atoms with van der Waals surface area (Å²) >= 11 is 6.55. The smallest absolute Gasteiger partial charge is 0.252 e. The first-order valence-corrected chi connectivity index (χ1v) is 15.7. The van der Waals surface area contributed by atoms with E-state index in [0.717, 1.165) is 9.80 Å². The Morgan fingerprint density at radius 3 is 2.56 bits per heavy atom. The zero-order valence-electron chi connectivity index (χ0n) is 23.8. The molecule has 2 atom stereocenters. The van der Waals surface area contributed by atoms with Crippen molar-refractivity contribution in [2.75, 3.05) is 16.8 Å². The normalized spacial score (nSPS) is 18.5. The van der Waals surface area contributed by atoms with E-state index in [1.54, 1.807) is 12.1 Å². The molecule has 2 aliphatic rings. The fourth-order valence-electron chi connectivity index (χ4n) is 5.44. The summed E-state index contributed by atoms with van der Waals surface area (Å²) in [5, 5.41) is 12.1. The number of amides is 3. The number of carbonyl (C=O) groups is 3. The molecule has 2 fully saturated rings. The Morgan fingerprint density at radius 1 is 1.16 bits per heavy atom. The third-order valence-corrected chi connectivity index (χ3v) is 9.43. The van der Waals surface area contributed by atoms with Crippen LogP contribution in [0, 0.1) is 11.3 Å². The highest BCUT2D eigenvalue weighted by molar-refractivity contribution is 7.89. The van der Waals surface area contributed by atoms with E-state index >= 15 is 0 Å². The van der Waals surface area contributed by atoms with Crippen molar-refractivity contribution in [1.82, 2.24) is 15.0 Å². The van der Waals surface area contributed by atoms with Crippen molar-refractivity contribution in [3.63, 3.8) is 0 Å². The molecule has 15 heteroatoms. The first kappa shape index (κ1) is 32.0. The van der Waals surface area contributed by atoms with E-state index in [0.29, 0.717) is 0 Å². The van der Waals surface area contributed by atoms with E-state index in [1.165, 1.54) is 61.8 Å². The van der Waals surface area contributed by atoms with E-state index in [1.807, 2.05) is 6.07 Å². The molecule has 45 heavy (non-hydrogen) atoms. The van der Waals surface area contributed by atoms with Crippen LogP contribution in [0.2, 0.25) is 5.02 Å². The molecule has 1 aromatic heterocycles. The van der Waals surface area contributed by atoms with Gasteiger partial charge in [-0.2, -0.15) is 5.26 Å². The van der Waals surface area contributed by atoms with Gasteiger partial charge in [-0.3, -0.25) is 24.2 Å². The van der Waals surface area contributed by atoms with Gasteiger partial charge in [-0.05, 0) is 49.9 Å². The Kier molecular flexibility index (Phi) is 8.88. The molecule has 2 aromatic carbocycles. The Morgan fingerprint density at radius 2 is 1.89 bits per heavy atom. The van der Waals surface area contributed by atoms with Crippen LogP contribution in [-0.4, -0.2) is 56.2 Å². The van der Waals surface area contributed by atoms with Crippen LogP contribution in [-0.2, 0) is 24.4 Å². The van der Waals surface area contributed by atoms with Gasteiger partial charge >= 0.3 is 0 Å². The maximum absolute atomic E-state index is 14.7. The Bertz CT molecular complexity index is 1810. The fraction of sp³-hybridized carbons (Fsp3) is 0.300. The van der Waals surface area contributed by atoms with Crippen molar-refractivity contribution in [1.29, 1.82) is 5.26 Å². The highest BCUT2D eigenvalue weighted by Crippen LogP contribution is 2.40. The van der Waals surface area contributed by atoms with Gasteiger partial charge in [-0.25, -0.2) is 26.9 Å². The molecule has 234 valence electrons. The van der Waals surface area contributed by atoms with Crippen LogP contribution in [0.15, 0.2) is 71.8 Å². The SMILES string of the molecule is CNS(=O)(=O)c1cccc(N(C(=O)[C@@H]2CCC(=O)N2c2cc(C#N)ccn2)C(C(=O)NC2CC(F)(F)C2)c2ccccc2Cl)c1. The third-order valence-electron chi connectivity index (χ3n) is 7.67. The third kappa shape index (κ3) is 6.51. The molecule has 3 amide bonds. The Labute approximate surface area is 262 Å². The molecule has 1 aliphatic heterocycles. The quantitative estimate of drug-likeness (QED) is 0.356. The first-order chi connectivity index (χ1) is 21.3. The minimum Gasteiger partial charge on any atom is -0.351 e. The van der Waals surface area contributed by atoms with Crippen LogP contribution in [0.3, 0.4) is 0 Å². The van der Waals surface area contributed by atoms with Crippen LogP contribution < -0.4 is 19.8 Å². The molecule has 1 saturated carbocycles. The summed E-state index contributed by atoms with van der Waals surface area (Å²) in [4.78, 5) is 48.0. The van der Waals surface area contributed by atoms with Crippen LogP contribution in [0.4, 0.5) is 20.3 Å². The van der Waals surface area contributed by atoms with Gasteiger partial charge in [0.1, 0.15) is 17.9 Å². The molecule has 3 aromatic rings. The number of nitrogens with zero attached hydrogens (tertiary/aromatic N) is 4. The van der Waals surface area contributed by atoms with E-state index in [2.05, 4.69) is 15.0 Å². The number of aromatic nitrogens is 1. The van der Waals surface area contributed by atoms with Crippen molar-refractivity contribution in [3.05, 3.63) is 83.0 Å². The molecule has 0 bridgehead atoms. The predicted molar refractivity (Wildman–Crippen MR) is 160 cm³/mol. The lowest BCUT2D eigenvalue weighted by atomic mass is 9.87. The standard InChI is InChI=1S/C30H27ClF2N6O5S/c1-35-45(43,44)21-6-4-5-20(14-21)38(29(42)24-9-10-26(40)39(24)25-13-18(17-34)11-12-36-25)27(22-7-2-3-8-23(22)31)28(41)37-19-15-30(32,33)16-19/h2-8,11-14,19,24,27,35H,9-10,15-16H2,1H3,(H,37,41)/t24-,27?/m0/s1. The Balaban J connectivity index is 1.67. The zero-order valence-corrected chi connectivity index (χ0v) is 25.4. The van der Waals surface area contributed by atoms with Crippen LogP contribution in [0.25, 0.3) is 0 Å². The molecule has 1 saturated heterocycles. The maximum Gasteiger partial charge on any atom is 0.252 e. The molecule has 1 unspecified atom stereocenters. The molecule has 1 aliphatic carbocycles. The minimum atomic E-state index is -4.02. The second-order valence-electron chi connectivity index (χ2n) is 10.6. The van der Waals surface area contributed by atoms with Crippen molar-refractivity contribution in [2.45, 2.75) is 54.6 Å². The summed E-state index contributed by atoms with van der Waals surface area (Å²) in [7, 11) is -2.81. The van der Waals surface area contributed by atoms with Crippen LogP contribution in [0.1, 0.15) is 42.9 Å². The fourth-order valence-corrected chi connectivity index (χ4v) is 6.45. The van der Waals surface area contributed by atoms with E-state index in [9.17, 15) is 36.8 Å². The summed E-state index contributed by atoms with van der Waals surface area (Å²) in [5.74, 6) is -4.99. The van der Waals surface area contributed by atoms with Gasteiger partial charge in [-0.15, -0.1) is 0 Å². The number of pyridine rings is 1. The van der Waals surface area contributed by atoms with Gasteiger partial charge in [0.05, 0.1) is 16.5 Å². The van der Waals surface area contributed by atoms with E-state index < -0.39 is 64.6 Å². The monoisotopic (exact) mass is 656 g/mol. The van der Waals surface area contributed by atoms with E-state index in [4.69, 9.17) is 11.6 Å². The lowest BCUT2D eigenvalue weighted by Gasteiger charge is -2.39. The van der Waals surface area contributed by atoms with Gasteiger partial charge in [0, 0.05) is 47.8 Å². The molecule has 11 nitrogen and oxygen atoms in total. The number of carbonyl (C=O) groups excluding carboxylic acids is 3. The first-order valence-electron chi connectivity index (χ1n) is 13.8. The van der Waals surface area contributed by atoms with Crippen LogP contribution in [0.5, 0.6) is 0 Å². The van der Waals surface area contributed by atoms with Gasteiger partial charge in [0.15, 0.2) is 0 Å². The topological polar surface area (TPSA) is 153 Å². The van der Waals surface area contributed by atoms with Crippen molar-refractivity contribution in [2.24, 2.45) is 0 Å². The van der Waals surface area contributed by atoms with Crippen molar-refractivity contribution in [3.8, 4) is 6.07 Å². The largest absolute Gasteiger partial charge is 0.351 e. The molecular formula is C30H27ClF2N6O5S. The maximum atomic E-state index is 14.7. The van der Waals surface area contributed by atoms with E-state index in [-0.39, 0.29) is 45.4 Å². The predicted octanol–water partition coefficient (Wildman–Crippen LogP) is 3.70. The molecule has 2 heterocycles. The summed E-state index contributed by atoms with van der Waals surface area (Å²) in [6, 6.07) is 12.5. The summed E-state index contributed by atoms with van der Waals surface area (Å²) in [6.45, 7) is 0. The number of nitriles is 1. The number of sulfonamides is 1. The van der Waals surface area contributed by atoms with Crippen molar-refractivity contribution >= 4 is 50.9 Å². The number of hydrogen-bond donors (Lipinski definition) is 2. The average molecular weight is 657 g/mol. The highest BCUT2D eigenvalue weighted by Gasteiger charge is 2.48. The number of anilines is 2. The number of nitrogens with one attached hydrogen (secondary N) is 2. The highest BCUT2D eigenvalue weighted by atomic mass is 35.5. The van der Waals surface area contributed by atoms with Crippen molar-refractivity contribution < 1.29 is 31.6 Å². The summed E-state index contributed by atoms with van der Waals surface area (Å²) < 4.78 is 55.1. The lowest BCUT2D eigenvalue weighted by Crippen LogP contribution is -2.56. The molecule has 5 rings (SSSR count). The van der Waals surface area contributed by atoms with Gasteiger partial charge in [0.2, 0.25) is 21.8 Å². The second-order valence-corrected chi connectivity index (χ2v) is 12.9. The minimum absolute atomic E-state index is 0.00679. The lowest BCUT2D eigenvalue weighted by molar-refractivity contribution is -0.133. The van der Waals surface area contributed by atoms with Gasteiger partial charge in [-0.1, -0.05) is 35.9 Å². The van der Waals surface area contributed by atoms with Gasteiger partial charge < -0.3 is 5.32 Å². The zero-order chi connectivity index (χ0) is 32.5. The Hall–Kier alpha value is -4.45. The molecule has 2 N–H and O–H groups in total. The average Bonchev–Trinajstić information content (AvgIpc) is 3.40. The second kappa shape index (κ2) is 12.5. The molecular weight excluding hydrogens is 630 g/mol. The number of rotatable bonds is 9. The molecule has 0 radical (unpaired) electrons. The van der Waals surface area contributed by atoms with Gasteiger partial charge in [0.25, 0.3) is 11.8 Å². The number of halogens is 3. The summed E-state index contributed by atoms with van der Waals surface area (Å²) in [6.07, 6.45) is 0.0797. The molecule has 0 spiro atoms. The number of hydrogen-bond acceptors (Lipinski definition) is 7. The number of benzene rings is 2. The summed E-state index contributed by atoms with van der Waals surface area (Å²) in [5.41, 5.74) is 0.296. The van der Waals surface area contributed by atoms with Crippen LogP contribution >= 0.6 is 11.6 Å².